The number of carbonyl (C=O) groups excluding carboxylic acids is 2. The molecule has 0 aromatic heterocycles. The van der Waals surface area contributed by atoms with Crippen LogP contribution in [0.5, 0.6) is 0 Å². The van der Waals surface area contributed by atoms with Gasteiger partial charge in [0.25, 0.3) is 0 Å². The monoisotopic (exact) mass is 523 g/mol. The summed E-state index contributed by atoms with van der Waals surface area (Å²) < 4.78 is 52.6. The first kappa shape index (κ1) is 29.2. The van der Waals surface area contributed by atoms with Crippen molar-refractivity contribution in [2.24, 2.45) is 0 Å². The van der Waals surface area contributed by atoms with E-state index in [0.717, 1.165) is 34.7 Å². The number of hydrogen-bond donors (Lipinski definition) is 1. The predicted molar refractivity (Wildman–Crippen MR) is 137 cm³/mol. The lowest BCUT2D eigenvalue weighted by Crippen LogP contribution is -2.50. The summed E-state index contributed by atoms with van der Waals surface area (Å²) in [5.74, 6) is -2.74. The second-order valence-corrected chi connectivity index (χ2v) is 10.5. The van der Waals surface area contributed by atoms with Crippen molar-refractivity contribution in [1.29, 1.82) is 0 Å². The lowest BCUT2D eigenvalue weighted by atomic mass is 10.1. The predicted octanol–water partition coefficient (Wildman–Crippen LogP) is 3.89. The van der Waals surface area contributed by atoms with E-state index >= 15 is 0 Å². The molecule has 7 nitrogen and oxygen atoms in total. The van der Waals surface area contributed by atoms with E-state index in [0.29, 0.717) is 25.9 Å². The maximum atomic E-state index is 13.7. The molecule has 2 rings (SSSR count). The van der Waals surface area contributed by atoms with E-state index in [1.807, 2.05) is 44.2 Å². The number of anilines is 1. The SMILES string of the molecule is CCCNC(=O)[C@H](CC)N(CCc1ccccc1)C(=O)CCCN(c1ccc(F)c(F)c1)S(C)(=O)=O. The third-order valence-corrected chi connectivity index (χ3v) is 6.96. The van der Waals surface area contributed by atoms with Gasteiger partial charge in [-0.05, 0) is 43.4 Å². The molecule has 0 saturated heterocycles. The highest BCUT2D eigenvalue weighted by molar-refractivity contribution is 7.92. The summed E-state index contributed by atoms with van der Waals surface area (Å²) in [5.41, 5.74) is 1.01. The van der Waals surface area contributed by atoms with Gasteiger partial charge in [-0.15, -0.1) is 0 Å². The van der Waals surface area contributed by atoms with Crippen LogP contribution >= 0.6 is 0 Å². The Bertz CT molecular complexity index is 1110. The third kappa shape index (κ3) is 8.58. The molecule has 0 unspecified atom stereocenters. The van der Waals surface area contributed by atoms with Crippen molar-refractivity contribution in [3.05, 3.63) is 65.7 Å². The lowest BCUT2D eigenvalue weighted by molar-refractivity contribution is -0.140. The Kier molecular flexibility index (Phi) is 11.3. The Hall–Kier alpha value is -3.01. The van der Waals surface area contributed by atoms with Gasteiger partial charge in [-0.25, -0.2) is 17.2 Å². The van der Waals surface area contributed by atoms with Crippen LogP contribution in [0, 0.1) is 11.6 Å². The molecular formula is C26H35F2N3O4S. The third-order valence-electron chi connectivity index (χ3n) is 5.76. The Morgan fingerprint density at radius 3 is 2.28 bits per heavy atom. The van der Waals surface area contributed by atoms with Gasteiger partial charge in [0.05, 0.1) is 11.9 Å². The standard InChI is InChI=1S/C26H35F2N3O4S/c1-4-16-29-26(33)24(5-2)30(18-15-20-10-7-6-8-11-20)25(32)12-9-17-31(36(3,34)35)21-13-14-22(27)23(28)19-21/h6-8,10-11,13-14,19,24H,4-5,9,12,15-18H2,1-3H3,(H,29,33)/t24-/m0/s1. The second-order valence-electron chi connectivity index (χ2n) is 8.57. The van der Waals surface area contributed by atoms with Crippen molar-refractivity contribution in [2.45, 2.75) is 52.0 Å². The molecular weight excluding hydrogens is 488 g/mol. The van der Waals surface area contributed by atoms with Crippen LogP contribution in [0.2, 0.25) is 0 Å². The Balaban J connectivity index is 2.15. The molecule has 36 heavy (non-hydrogen) atoms. The fourth-order valence-corrected chi connectivity index (χ4v) is 4.86. The molecule has 0 spiro atoms. The molecule has 0 aliphatic rings. The van der Waals surface area contributed by atoms with E-state index < -0.39 is 27.7 Å². The fraction of sp³-hybridized carbons (Fsp3) is 0.462. The zero-order valence-electron chi connectivity index (χ0n) is 21.0. The van der Waals surface area contributed by atoms with E-state index in [1.54, 1.807) is 4.90 Å². The topological polar surface area (TPSA) is 86.8 Å². The highest BCUT2D eigenvalue weighted by atomic mass is 32.2. The number of nitrogens with one attached hydrogen (secondary N) is 1. The van der Waals surface area contributed by atoms with Gasteiger partial charge in [0.15, 0.2) is 11.6 Å². The molecule has 0 bridgehead atoms. The van der Waals surface area contributed by atoms with Crippen molar-refractivity contribution in [3.8, 4) is 0 Å². The Morgan fingerprint density at radius 1 is 1.00 bits per heavy atom. The molecule has 0 heterocycles. The number of benzene rings is 2. The molecule has 10 heteroatoms. The Labute approximate surface area is 212 Å². The normalized spacial score (nSPS) is 12.1. The maximum absolute atomic E-state index is 13.7. The second kappa shape index (κ2) is 13.9. The molecule has 0 fully saturated rings. The molecule has 1 atom stereocenters. The quantitative estimate of drug-likeness (QED) is 0.407. The van der Waals surface area contributed by atoms with Crippen molar-refractivity contribution < 1.29 is 26.8 Å². The van der Waals surface area contributed by atoms with Crippen molar-refractivity contribution in [3.63, 3.8) is 0 Å². The summed E-state index contributed by atoms with van der Waals surface area (Å²) in [6.45, 7) is 4.53. The van der Waals surface area contributed by atoms with E-state index in [-0.39, 0.29) is 36.9 Å². The maximum Gasteiger partial charge on any atom is 0.242 e. The van der Waals surface area contributed by atoms with Crippen LogP contribution in [-0.4, -0.2) is 57.1 Å². The molecule has 2 amide bonds. The van der Waals surface area contributed by atoms with E-state index in [1.165, 1.54) is 6.07 Å². The van der Waals surface area contributed by atoms with Crippen LogP contribution < -0.4 is 9.62 Å². The average molecular weight is 524 g/mol. The first-order valence-electron chi connectivity index (χ1n) is 12.1. The molecule has 0 aliphatic heterocycles. The van der Waals surface area contributed by atoms with Crippen LogP contribution in [0.1, 0.15) is 45.1 Å². The van der Waals surface area contributed by atoms with Gasteiger partial charge < -0.3 is 10.2 Å². The number of rotatable bonds is 14. The van der Waals surface area contributed by atoms with Crippen LogP contribution in [0.25, 0.3) is 0 Å². The molecule has 1 N–H and O–H groups in total. The average Bonchev–Trinajstić information content (AvgIpc) is 2.84. The fourth-order valence-electron chi connectivity index (χ4n) is 3.91. The summed E-state index contributed by atoms with van der Waals surface area (Å²) in [5, 5.41) is 2.86. The van der Waals surface area contributed by atoms with E-state index in [2.05, 4.69) is 5.32 Å². The van der Waals surface area contributed by atoms with Gasteiger partial charge in [0.2, 0.25) is 21.8 Å². The zero-order chi connectivity index (χ0) is 26.7. The summed E-state index contributed by atoms with van der Waals surface area (Å²) in [7, 11) is -3.80. The van der Waals surface area contributed by atoms with Gasteiger partial charge in [0, 0.05) is 32.1 Å². The number of carbonyl (C=O) groups is 2. The van der Waals surface area contributed by atoms with E-state index in [9.17, 15) is 26.8 Å². The number of hydrogen-bond acceptors (Lipinski definition) is 4. The van der Waals surface area contributed by atoms with Gasteiger partial charge in [-0.3, -0.25) is 13.9 Å². The van der Waals surface area contributed by atoms with Crippen molar-refractivity contribution >= 4 is 27.5 Å². The summed E-state index contributed by atoms with van der Waals surface area (Å²) in [6.07, 6.45) is 2.86. The van der Waals surface area contributed by atoms with Gasteiger partial charge in [0.1, 0.15) is 6.04 Å². The molecule has 0 aliphatic carbocycles. The van der Waals surface area contributed by atoms with Crippen LogP contribution in [0.15, 0.2) is 48.5 Å². The van der Waals surface area contributed by atoms with Crippen LogP contribution in [0.3, 0.4) is 0 Å². The number of sulfonamides is 1. The minimum Gasteiger partial charge on any atom is -0.354 e. The Morgan fingerprint density at radius 2 is 1.69 bits per heavy atom. The summed E-state index contributed by atoms with van der Waals surface area (Å²) in [4.78, 5) is 27.6. The van der Waals surface area contributed by atoms with Crippen molar-refractivity contribution in [2.75, 3.05) is 30.2 Å². The molecule has 2 aromatic carbocycles. The summed E-state index contributed by atoms with van der Waals surface area (Å²) >= 11 is 0. The number of amides is 2. The summed E-state index contributed by atoms with van der Waals surface area (Å²) in [6, 6.07) is 11.8. The van der Waals surface area contributed by atoms with Gasteiger partial charge in [-0.1, -0.05) is 44.2 Å². The molecule has 2 aromatic rings. The largest absolute Gasteiger partial charge is 0.354 e. The lowest BCUT2D eigenvalue weighted by Gasteiger charge is -2.31. The zero-order valence-corrected chi connectivity index (χ0v) is 21.9. The van der Waals surface area contributed by atoms with Crippen molar-refractivity contribution in [1.82, 2.24) is 10.2 Å². The minimum absolute atomic E-state index is 0.0119. The van der Waals surface area contributed by atoms with Gasteiger partial charge >= 0.3 is 0 Å². The van der Waals surface area contributed by atoms with Gasteiger partial charge in [-0.2, -0.15) is 0 Å². The highest BCUT2D eigenvalue weighted by Crippen LogP contribution is 2.21. The minimum atomic E-state index is -3.80. The highest BCUT2D eigenvalue weighted by Gasteiger charge is 2.28. The molecule has 198 valence electrons. The van der Waals surface area contributed by atoms with Crippen LogP contribution in [0.4, 0.5) is 14.5 Å². The van der Waals surface area contributed by atoms with Crippen LogP contribution in [-0.2, 0) is 26.0 Å². The molecule has 0 radical (unpaired) electrons. The van der Waals surface area contributed by atoms with E-state index in [4.69, 9.17) is 0 Å². The number of nitrogens with zero attached hydrogens (tertiary/aromatic N) is 2. The first-order valence-corrected chi connectivity index (χ1v) is 14.0. The number of halogens is 2. The molecule has 0 saturated carbocycles. The smallest absolute Gasteiger partial charge is 0.242 e. The first-order chi connectivity index (χ1) is 17.1.